The molecule has 3 nitrogen and oxygen atoms in total. The summed E-state index contributed by atoms with van der Waals surface area (Å²) in [5.74, 6) is 1.04. The Kier molecular flexibility index (Phi) is 5.07. The monoisotopic (exact) mass is 300 g/mol. The largest absolute Gasteiger partial charge is 0.453 e. The van der Waals surface area contributed by atoms with Gasteiger partial charge >= 0.3 is 0 Å². The number of furan rings is 1. The van der Waals surface area contributed by atoms with Crippen LogP contribution < -0.4 is 5.32 Å². The first-order valence-electron chi connectivity index (χ1n) is 6.48. The molecule has 0 aliphatic carbocycles. The van der Waals surface area contributed by atoms with Crippen LogP contribution in [0.5, 0.6) is 0 Å². The van der Waals surface area contributed by atoms with Gasteiger partial charge in [-0.1, -0.05) is 13.3 Å². The first-order valence-corrected chi connectivity index (χ1v) is 7.27. The van der Waals surface area contributed by atoms with Crippen LogP contribution in [-0.2, 0) is 6.54 Å². The molecule has 4 heteroatoms. The molecule has 0 bridgehead atoms. The fraction of sp³-hybridized carbons (Fsp3) is 0.692. The van der Waals surface area contributed by atoms with Gasteiger partial charge in [-0.05, 0) is 54.0 Å². The maximum absolute atomic E-state index is 5.56. The van der Waals surface area contributed by atoms with E-state index in [0.29, 0.717) is 6.04 Å². The number of nitrogens with zero attached hydrogens (tertiary/aromatic N) is 1. The third-order valence-corrected chi connectivity index (χ3v) is 3.77. The van der Waals surface area contributed by atoms with Crippen LogP contribution in [0.2, 0.25) is 0 Å². The minimum Gasteiger partial charge on any atom is -0.453 e. The first kappa shape index (κ1) is 13.1. The highest BCUT2D eigenvalue weighted by atomic mass is 79.9. The van der Waals surface area contributed by atoms with Gasteiger partial charge in [0.2, 0.25) is 0 Å². The fourth-order valence-electron chi connectivity index (χ4n) is 2.35. The molecular weight excluding hydrogens is 280 g/mol. The second-order valence-electron chi connectivity index (χ2n) is 4.68. The average Bonchev–Trinajstić information content (AvgIpc) is 2.75. The van der Waals surface area contributed by atoms with Crippen molar-refractivity contribution in [3.8, 4) is 0 Å². The lowest BCUT2D eigenvalue weighted by Crippen LogP contribution is -2.43. The predicted molar refractivity (Wildman–Crippen MR) is 73.0 cm³/mol. The average molecular weight is 301 g/mol. The Morgan fingerprint density at radius 3 is 2.94 bits per heavy atom. The molecule has 0 aromatic carbocycles. The third-order valence-electron chi connectivity index (χ3n) is 3.35. The van der Waals surface area contributed by atoms with Crippen molar-refractivity contribution in [1.29, 1.82) is 0 Å². The minimum absolute atomic E-state index is 0.655. The van der Waals surface area contributed by atoms with Gasteiger partial charge in [0.1, 0.15) is 5.76 Å². The molecule has 96 valence electrons. The van der Waals surface area contributed by atoms with Crippen molar-refractivity contribution in [2.75, 3.05) is 19.6 Å². The molecule has 1 aromatic rings. The van der Waals surface area contributed by atoms with Gasteiger partial charge in [-0.3, -0.25) is 4.90 Å². The van der Waals surface area contributed by atoms with Crippen LogP contribution in [0.1, 0.15) is 31.9 Å². The summed E-state index contributed by atoms with van der Waals surface area (Å²) in [7, 11) is 0. The Hall–Kier alpha value is -0.320. The predicted octanol–water partition coefficient (Wildman–Crippen LogP) is 3.01. The Labute approximate surface area is 112 Å². The molecule has 1 aliphatic rings. The molecule has 0 saturated carbocycles. The Bertz CT molecular complexity index is 334. The van der Waals surface area contributed by atoms with Crippen LogP contribution in [0.3, 0.4) is 0 Å². The summed E-state index contributed by atoms with van der Waals surface area (Å²) >= 11 is 3.34. The van der Waals surface area contributed by atoms with Gasteiger partial charge in [0, 0.05) is 12.6 Å². The van der Waals surface area contributed by atoms with E-state index in [1.165, 1.54) is 25.8 Å². The lowest BCUT2D eigenvalue weighted by Gasteiger charge is -2.29. The van der Waals surface area contributed by atoms with Gasteiger partial charge in [-0.25, -0.2) is 0 Å². The fourth-order valence-corrected chi connectivity index (χ4v) is 2.69. The zero-order valence-electron chi connectivity index (χ0n) is 10.4. The van der Waals surface area contributed by atoms with E-state index in [1.807, 2.05) is 12.1 Å². The minimum atomic E-state index is 0.655. The number of likely N-dealkylation sites (N-methyl/N-ethyl adjacent to an activating group) is 1. The Morgan fingerprint density at radius 2 is 2.35 bits per heavy atom. The van der Waals surface area contributed by atoms with Gasteiger partial charge in [0.25, 0.3) is 0 Å². The van der Waals surface area contributed by atoms with Crippen molar-refractivity contribution in [1.82, 2.24) is 10.2 Å². The molecule has 17 heavy (non-hydrogen) atoms. The molecule has 1 unspecified atom stereocenters. The lowest BCUT2D eigenvalue weighted by atomic mass is 10.0. The normalized spacial score (nSPS) is 21.0. The van der Waals surface area contributed by atoms with Crippen LogP contribution in [-0.4, -0.2) is 30.6 Å². The summed E-state index contributed by atoms with van der Waals surface area (Å²) < 4.78 is 6.38. The van der Waals surface area contributed by atoms with E-state index in [0.717, 1.165) is 30.1 Å². The SMILES string of the molecule is CCN(Cc1ccc(Br)o1)CC1CCCCN1. The zero-order valence-corrected chi connectivity index (χ0v) is 12.0. The van der Waals surface area contributed by atoms with Crippen molar-refractivity contribution >= 4 is 15.9 Å². The number of rotatable bonds is 5. The van der Waals surface area contributed by atoms with Crippen molar-refractivity contribution in [2.24, 2.45) is 0 Å². The summed E-state index contributed by atoms with van der Waals surface area (Å²) in [5, 5.41) is 3.59. The summed E-state index contributed by atoms with van der Waals surface area (Å²) in [4.78, 5) is 2.44. The molecule has 1 aromatic heterocycles. The van der Waals surface area contributed by atoms with Gasteiger partial charge in [-0.15, -0.1) is 0 Å². The highest BCUT2D eigenvalue weighted by Crippen LogP contribution is 2.16. The van der Waals surface area contributed by atoms with Crippen molar-refractivity contribution < 1.29 is 4.42 Å². The van der Waals surface area contributed by atoms with Crippen molar-refractivity contribution in [3.63, 3.8) is 0 Å². The summed E-state index contributed by atoms with van der Waals surface area (Å²) in [6, 6.07) is 4.66. The van der Waals surface area contributed by atoms with E-state index in [2.05, 4.69) is 33.1 Å². The number of hydrogen-bond donors (Lipinski definition) is 1. The lowest BCUT2D eigenvalue weighted by molar-refractivity contribution is 0.211. The Morgan fingerprint density at radius 1 is 1.47 bits per heavy atom. The number of nitrogens with one attached hydrogen (secondary N) is 1. The van der Waals surface area contributed by atoms with Crippen molar-refractivity contribution in [3.05, 3.63) is 22.6 Å². The Balaban J connectivity index is 1.83. The maximum Gasteiger partial charge on any atom is 0.169 e. The van der Waals surface area contributed by atoms with E-state index in [9.17, 15) is 0 Å². The second-order valence-corrected chi connectivity index (χ2v) is 5.46. The molecule has 0 spiro atoms. The number of halogens is 1. The van der Waals surface area contributed by atoms with Crippen LogP contribution in [0.25, 0.3) is 0 Å². The van der Waals surface area contributed by atoms with E-state index in [4.69, 9.17) is 4.42 Å². The molecule has 1 saturated heterocycles. The molecule has 2 heterocycles. The second kappa shape index (κ2) is 6.57. The van der Waals surface area contributed by atoms with E-state index in [1.54, 1.807) is 0 Å². The molecule has 1 atom stereocenters. The standard InChI is InChI=1S/C13H21BrN2O/c1-2-16(9-11-5-3-4-8-15-11)10-12-6-7-13(14)17-12/h6-7,11,15H,2-5,8-10H2,1H3. The van der Waals surface area contributed by atoms with Crippen molar-refractivity contribution in [2.45, 2.75) is 38.8 Å². The van der Waals surface area contributed by atoms with Gasteiger partial charge in [0.15, 0.2) is 4.67 Å². The molecule has 1 aliphatic heterocycles. The highest BCUT2D eigenvalue weighted by molar-refractivity contribution is 9.10. The molecule has 1 fully saturated rings. The summed E-state index contributed by atoms with van der Waals surface area (Å²) in [6.07, 6.45) is 3.99. The van der Waals surface area contributed by atoms with Crippen LogP contribution >= 0.6 is 15.9 Å². The number of hydrogen-bond acceptors (Lipinski definition) is 3. The van der Waals surface area contributed by atoms with E-state index in [-0.39, 0.29) is 0 Å². The molecule has 2 rings (SSSR count). The molecular formula is C13H21BrN2O. The molecule has 0 amide bonds. The highest BCUT2D eigenvalue weighted by Gasteiger charge is 2.16. The topological polar surface area (TPSA) is 28.4 Å². The van der Waals surface area contributed by atoms with Gasteiger partial charge in [0.05, 0.1) is 6.54 Å². The quantitative estimate of drug-likeness (QED) is 0.906. The van der Waals surface area contributed by atoms with Crippen LogP contribution in [0.4, 0.5) is 0 Å². The van der Waals surface area contributed by atoms with Crippen LogP contribution in [0.15, 0.2) is 21.2 Å². The molecule has 0 radical (unpaired) electrons. The van der Waals surface area contributed by atoms with Gasteiger partial charge < -0.3 is 9.73 Å². The number of piperidine rings is 1. The maximum atomic E-state index is 5.56. The van der Waals surface area contributed by atoms with E-state index >= 15 is 0 Å². The summed E-state index contributed by atoms with van der Waals surface area (Å²) in [5.41, 5.74) is 0. The van der Waals surface area contributed by atoms with Gasteiger partial charge in [-0.2, -0.15) is 0 Å². The first-order chi connectivity index (χ1) is 8.28. The van der Waals surface area contributed by atoms with Crippen LogP contribution in [0, 0.1) is 0 Å². The van der Waals surface area contributed by atoms with E-state index < -0.39 is 0 Å². The molecule has 1 N–H and O–H groups in total. The third kappa shape index (κ3) is 4.12. The smallest absolute Gasteiger partial charge is 0.169 e. The summed E-state index contributed by atoms with van der Waals surface area (Å²) in [6.45, 7) is 6.47. The zero-order chi connectivity index (χ0) is 12.1.